The highest BCUT2D eigenvalue weighted by molar-refractivity contribution is 7.12. The van der Waals surface area contributed by atoms with Gasteiger partial charge in [-0.3, -0.25) is 9.69 Å². The molecule has 1 aromatic rings. The van der Waals surface area contributed by atoms with Crippen molar-refractivity contribution in [1.82, 2.24) is 9.80 Å². The SMILES string of the molecule is O=C(c1cccs1)N1C[C@@H]2OCCN(CC3CCCO3)[C@@H]2C1. The van der Waals surface area contributed by atoms with Gasteiger partial charge >= 0.3 is 0 Å². The number of hydrogen-bond acceptors (Lipinski definition) is 5. The van der Waals surface area contributed by atoms with Gasteiger partial charge in [0.05, 0.1) is 29.7 Å². The number of carbonyl (C=O) groups excluding carboxylic acids is 1. The second-order valence-electron chi connectivity index (χ2n) is 6.29. The predicted molar refractivity (Wildman–Crippen MR) is 84.3 cm³/mol. The van der Waals surface area contributed by atoms with E-state index in [0.717, 1.165) is 44.1 Å². The van der Waals surface area contributed by atoms with Gasteiger partial charge in [-0.05, 0) is 24.3 Å². The summed E-state index contributed by atoms with van der Waals surface area (Å²) in [6, 6.07) is 4.16. The van der Waals surface area contributed by atoms with Gasteiger partial charge in [0.15, 0.2) is 0 Å². The summed E-state index contributed by atoms with van der Waals surface area (Å²) in [5.74, 6) is 0.144. The first-order valence-electron chi connectivity index (χ1n) is 8.11. The second kappa shape index (κ2) is 6.28. The molecule has 0 bridgehead atoms. The molecular formula is C16H22N2O3S. The van der Waals surface area contributed by atoms with Crippen molar-refractivity contribution in [3.63, 3.8) is 0 Å². The average molecular weight is 322 g/mol. The van der Waals surface area contributed by atoms with Crippen molar-refractivity contribution in [3.8, 4) is 0 Å². The van der Waals surface area contributed by atoms with E-state index in [1.54, 1.807) is 0 Å². The number of rotatable bonds is 3. The van der Waals surface area contributed by atoms with Crippen molar-refractivity contribution in [1.29, 1.82) is 0 Å². The lowest BCUT2D eigenvalue weighted by Crippen LogP contribution is -2.52. The van der Waals surface area contributed by atoms with E-state index in [1.807, 2.05) is 22.4 Å². The van der Waals surface area contributed by atoms with Gasteiger partial charge in [-0.25, -0.2) is 0 Å². The van der Waals surface area contributed by atoms with Crippen LogP contribution in [0.2, 0.25) is 0 Å². The second-order valence-corrected chi connectivity index (χ2v) is 7.24. The van der Waals surface area contributed by atoms with Crippen LogP contribution in [0, 0.1) is 0 Å². The Hall–Kier alpha value is -0.950. The van der Waals surface area contributed by atoms with E-state index in [2.05, 4.69) is 4.90 Å². The highest BCUT2D eigenvalue weighted by Gasteiger charge is 2.42. The minimum absolute atomic E-state index is 0.144. The maximum Gasteiger partial charge on any atom is 0.264 e. The maximum atomic E-state index is 12.5. The Morgan fingerprint density at radius 3 is 3.05 bits per heavy atom. The van der Waals surface area contributed by atoms with E-state index in [4.69, 9.17) is 9.47 Å². The van der Waals surface area contributed by atoms with Crippen molar-refractivity contribution in [2.24, 2.45) is 0 Å². The first-order chi connectivity index (χ1) is 10.8. The number of ether oxygens (including phenoxy) is 2. The van der Waals surface area contributed by atoms with E-state index < -0.39 is 0 Å². The van der Waals surface area contributed by atoms with E-state index in [0.29, 0.717) is 18.7 Å². The van der Waals surface area contributed by atoms with Crippen molar-refractivity contribution < 1.29 is 14.3 Å². The summed E-state index contributed by atoms with van der Waals surface area (Å²) in [6.45, 7) is 5.06. The molecule has 0 spiro atoms. The summed E-state index contributed by atoms with van der Waals surface area (Å²) in [4.78, 5) is 17.8. The number of carbonyl (C=O) groups is 1. The summed E-state index contributed by atoms with van der Waals surface area (Å²) >= 11 is 1.51. The van der Waals surface area contributed by atoms with Gasteiger partial charge in [-0.15, -0.1) is 11.3 Å². The first-order valence-corrected chi connectivity index (χ1v) is 8.99. The van der Waals surface area contributed by atoms with E-state index in [1.165, 1.54) is 17.8 Å². The van der Waals surface area contributed by atoms with Crippen LogP contribution in [0.15, 0.2) is 17.5 Å². The van der Waals surface area contributed by atoms with Gasteiger partial charge in [0.2, 0.25) is 0 Å². The van der Waals surface area contributed by atoms with Crippen LogP contribution in [0.4, 0.5) is 0 Å². The molecule has 5 nitrogen and oxygen atoms in total. The monoisotopic (exact) mass is 322 g/mol. The Kier molecular flexibility index (Phi) is 4.17. The molecule has 0 aliphatic carbocycles. The van der Waals surface area contributed by atoms with Crippen LogP contribution in [-0.4, -0.2) is 73.3 Å². The lowest BCUT2D eigenvalue weighted by atomic mass is 10.1. The highest BCUT2D eigenvalue weighted by Crippen LogP contribution is 2.26. The van der Waals surface area contributed by atoms with Gasteiger partial charge in [-0.1, -0.05) is 6.07 Å². The zero-order valence-electron chi connectivity index (χ0n) is 12.6. The molecular weight excluding hydrogens is 300 g/mol. The van der Waals surface area contributed by atoms with Crippen LogP contribution >= 0.6 is 11.3 Å². The summed E-state index contributed by atoms with van der Waals surface area (Å²) < 4.78 is 11.7. The number of morpholine rings is 1. The number of nitrogens with zero attached hydrogens (tertiary/aromatic N) is 2. The molecule has 4 heterocycles. The Labute approximate surface area is 134 Å². The number of amides is 1. The molecule has 0 aromatic carbocycles. The third kappa shape index (κ3) is 2.80. The third-order valence-corrected chi connectivity index (χ3v) is 5.76. The zero-order chi connectivity index (χ0) is 14.9. The summed E-state index contributed by atoms with van der Waals surface area (Å²) in [7, 11) is 0. The van der Waals surface area contributed by atoms with Crippen LogP contribution < -0.4 is 0 Å². The van der Waals surface area contributed by atoms with Crippen LogP contribution in [0.25, 0.3) is 0 Å². The minimum atomic E-state index is 0.144. The Morgan fingerprint density at radius 2 is 2.27 bits per heavy atom. The van der Waals surface area contributed by atoms with Crippen LogP contribution in [0.3, 0.4) is 0 Å². The molecule has 0 N–H and O–H groups in total. The largest absolute Gasteiger partial charge is 0.377 e. The molecule has 0 radical (unpaired) electrons. The standard InChI is InChI=1S/C16H22N2O3S/c19-16(15-4-2-8-22-15)18-10-13-14(11-18)21-7-5-17(13)9-12-3-1-6-20-12/h2,4,8,12-14H,1,3,5-7,9-11H2/t12?,13-,14+/m1/s1. The molecule has 120 valence electrons. The molecule has 1 amide bonds. The molecule has 22 heavy (non-hydrogen) atoms. The van der Waals surface area contributed by atoms with Gasteiger partial charge in [0, 0.05) is 32.8 Å². The van der Waals surface area contributed by atoms with Crippen molar-refractivity contribution in [2.75, 3.05) is 39.4 Å². The Morgan fingerprint density at radius 1 is 1.32 bits per heavy atom. The number of fused-ring (bicyclic) bond motifs is 1. The van der Waals surface area contributed by atoms with Gasteiger partial charge in [0.1, 0.15) is 0 Å². The molecule has 3 saturated heterocycles. The van der Waals surface area contributed by atoms with Crippen LogP contribution in [-0.2, 0) is 9.47 Å². The maximum absolute atomic E-state index is 12.5. The zero-order valence-corrected chi connectivity index (χ0v) is 13.5. The van der Waals surface area contributed by atoms with Crippen LogP contribution in [0.1, 0.15) is 22.5 Å². The molecule has 3 aliphatic heterocycles. The third-order valence-electron chi connectivity index (χ3n) is 4.90. The van der Waals surface area contributed by atoms with E-state index in [9.17, 15) is 4.79 Å². The molecule has 1 aromatic heterocycles. The lowest BCUT2D eigenvalue weighted by Gasteiger charge is -2.37. The minimum Gasteiger partial charge on any atom is -0.377 e. The summed E-state index contributed by atoms with van der Waals surface area (Å²) in [5, 5.41) is 1.95. The first kappa shape index (κ1) is 14.6. The number of thiophene rings is 1. The molecule has 4 rings (SSSR count). The van der Waals surface area contributed by atoms with Gasteiger partial charge in [0.25, 0.3) is 5.91 Å². The molecule has 6 heteroatoms. The lowest BCUT2D eigenvalue weighted by molar-refractivity contribution is -0.0614. The summed E-state index contributed by atoms with van der Waals surface area (Å²) in [6.07, 6.45) is 2.85. The predicted octanol–water partition coefficient (Wildman–Crippen LogP) is 1.45. The normalized spacial score (nSPS) is 32.4. The van der Waals surface area contributed by atoms with Crippen molar-refractivity contribution in [2.45, 2.75) is 31.1 Å². The molecule has 0 saturated carbocycles. The van der Waals surface area contributed by atoms with Gasteiger partial charge < -0.3 is 14.4 Å². The smallest absolute Gasteiger partial charge is 0.264 e. The Balaban J connectivity index is 1.42. The van der Waals surface area contributed by atoms with Crippen molar-refractivity contribution >= 4 is 17.2 Å². The molecule has 3 fully saturated rings. The van der Waals surface area contributed by atoms with E-state index >= 15 is 0 Å². The average Bonchev–Trinajstić information content (AvgIpc) is 3.28. The molecule has 1 unspecified atom stereocenters. The van der Waals surface area contributed by atoms with Gasteiger partial charge in [-0.2, -0.15) is 0 Å². The fourth-order valence-electron chi connectivity index (χ4n) is 3.76. The fourth-order valence-corrected chi connectivity index (χ4v) is 4.45. The number of hydrogen-bond donors (Lipinski definition) is 0. The molecule has 3 aliphatic rings. The quantitative estimate of drug-likeness (QED) is 0.845. The Bertz CT molecular complexity index is 515. The van der Waals surface area contributed by atoms with Crippen molar-refractivity contribution in [3.05, 3.63) is 22.4 Å². The summed E-state index contributed by atoms with van der Waals surface area (Å²) in [5.41, 5.74) is 0. The highest BCUT2D eigenvalue weighted by atomic mass is 32.1. The van der Waals surface area contributed by atoms with E-state index in [-0.39, 0.29) is 12.0 Å². The number of likely N-dealkylation sites (tertiary alicyclic amines) is 1. The molecule has 3 atom stereocenters. The topological polar surface area (TPSA) is 42.0 Å². The van der Waals surface area contributed by atoms with Crippen LogP contribution in [0.5, 0.6) is 0 Å². The fraction of sp³-hybridized carbons (Fsp3) is 0.688.